The van der Waals surface area contributed by atoms with Gasteiger partial charge in [-0.3, -0.25) is 0 Å². The van der Waals surface area contributed by atoms with Crippen molar-refractivity contribution in [1.82, 2.24) is 4.98 Å². The lowest BCUT2D eigenvalue weighted by molar-refractivity contribution is -0.134. The standard InChI is InChI=1S/C9H11F3N2S/c10-9(11,12)4-1-5-15-7-2-3-8(13)14-6-7/h2-3,6H,1,4-5H2,(H2,13,14). The Morgan fingerprint density at radius 1 is 1.33 bits per heavy atom. The molecule has 1 aromatic rings. The molecule has 0 amide bonds. The first-order chi connectivity index (χ1) is 6.97. The van der Waals surface area contributed by atoms with Gasteiger partial charge in [-0.15, -0.1) is 11.8 Å². The van der Waals surface area contributed by atoms with Crippen LogP contribution in [-0.2, 0) is 0 Å². The molecule has 0 saturated carbocycles. The highest BCUT2D eigenvalue weighted by molar-refractivity contribution is 7.99. The molecule has 0 unspecified atom stereocenters. The maximum absolute atomic E-state index is 11.8. The highest BCUT2D eigenvalue weighted by Crippen LogP contribution is 2.25. The number of halogens is 3. The van der Waals surface area contributed by atoms with E-state index in [1.54, 1.807) is 18.3 Å². The van der Waals surface area contributed by atoms with Crippen LogP contribution in [0.1, 0.15) is 12.8 Å². The summed E-state index contributed by atoms with van der Waals surface area (Å²) in [4.78, 5) is 4.68. The van der Waals surface area contributed by atoms with Crippen molar-refractivity contribution in [2.45, 2.75) is 23.9 Å². The number of hydrogen-bond acceptors (Lipinski definition) is 3. The van der Waals surface area contributed by atoms with Crippen molar-refractivity contribution in [1.29, 1.82) is 0 Å². The third-order valence-electron chi connectivity index (χ3n) is 1.63. The molecular weight excluding hydrogens is 225 g/mol. The van der Waals surface area contributed by atoms with E-state index in [2.05, 4.69) is 4.98 Å². The van der Waals surface area contributed by atoms with E-state index >= 15 is 0 Å². The zero-order valence-electron chi connectivity index (χ0n) is 7.92. The van der Waals surface area contributed by atoms with Crippen LogP contribution in [0.5, 0.6) is 0 Å². The maximum Gasteiger partial charge on any atom is 0.389 e. The predicted octanol–water partition coefficient (Wildman–Crippen LogP) is 3.10. The highest BCUT2D eigenvalue weighted by atomic mass is 32.2. The summed E-state index contributed by atoms with van der Waals surface area (Å²) in [7, 11) is 0. The van der Waals surface area contributed by atoms with Gasteiger partial charge < -0.3 is 5.73 Å². The van der Waals surface area contributed by atoms with Gasteiger partial charge in [0.15, 0.2) is 0 Å². The lowest BCUT2D eigenvalue weighted by Crippen LogP contribution is -2.06. The molecule has 1 rings (SSSR count). The van der Waals surface area contributed by atoms with E-state index in [4.69, 9.17) is 5.73 Å². The monoisotopic (exact) mass is 236 g/mol. The largest absolute Gasteiger partial charge is 0.389 e. The van der Waals surface area contributed by atoms with Crippen molar-refractivity contribution < 1.29 is 13.2 Å². The van der Waals surface area contributed by atoms with Crippen LogP contribution in [0.2, 0.25) is 0 Å². The van der Waals surface area contributed by atoms with Crippen LogP contribution >= 0.6 is 11.8 Å². The Kier molecular flexibility index (Phi) is 4.26. The number of hydrogen-bond donors (Lipinski definition) is 1. The predicted molar refractivity (Wildman–Crippen MR) is 54.7 cm³/mol. The quantitative estimate of drug-likeness (QED) is 0.645. The molecule has 0 atom stereocenters. The van der Waals surface area contributed by atoms with Crippen LogP contribution in [0.3, 0.4) is 0 Å². The van der Waals surface area contributed by atoms with Crippen LogP contribution in [-0.4, -0.2) is 16.9 Å². The summed E-state index contributed by atoms with van der Waals surface area (Å²) in [5.74, 6) is 0.847. The number of alkyl halides is 3. The average Bonchev–Trinajstić information content (AvgIpc) is 2.14. The molecule has 0 saturated heterocycles. The fourth-order valence-electron chi connectivity index (χ4n) is 0.940. The van der Waals surface area contributed by atoms with Gasteiger partial charge in [0.2, 0.25) is 0 Å². The minimum atomic E-state index is -4.06. The second kappa shape index (κ2) is 5.25. The third-order valence-corrected chi connectivity index (χ3v) is 2.70. The number of rotatable bonds is 4. The summed E-state index contributed by atoms with van der Waals surface area (Å²) in [5, 5.41) is 0. The first-order valence-electron chi connectivity index (χ1n) is 4.38. The zero-order chi connectivity index (χ0) is 11.3. The Hall–Kier alpha value is -0.910. The summed E-state index contributed by atoms with van der Waals surface area (Å²) >= 11 is 1.35. The average molecular weight is 236 g/mol. The summed E-state index contributed by atoms with van der Waals surface area (Å²) in [6.07, 6.45) is -3.10. The van der Waals surface area contributed by atoms with Gasteiger partial charge in [-0.1, -0.05) is 0 Å². The summed E-state index contributed by atoms with van der Waals surface area (Å²) in [5.41, 5.74) is 5.37. The van der Waals surface area contributed by atoms with Gasteiger partial charge in [0.1, 0.15) is 5.82 Å². The fourth-order valence-corrected chi connectivity index (χ4v) is 1.76. The molecule has 2 nitrogen and oxygen atoms in total. The molecule has 6 heteroatoms. The number of thioether (sulfide) groups is 1. The van der Waals surface area contributed by atoms with E-state index in [9.17, 15) is 13.2 Å². The minimum absolute atomic E-state index is 0.124. The van der Waals surface area contributed by atoms with Gasteiger partial charge in [-0.25, -0.2) is 4.98 Å². The van der Waals surface area contributed by atoms with Crippen LogP contribution in [0, 0.1) is 0 Å². The molecule has 0 bridgehead atoms. The van der Waals surface area contributed by atoms with Crippen molar-refractivity contribution in [3.8, 4) is 0 Å². The number of anilines is 1. The van der Waals surface area contributed by atoms with Crippen LogP contribution in [0.25, 0.3) is 0 Å². The normalized spacial score (nSPS) is 11.7. The number of nitrogens with zero attached hydrogens (tertiary/aromatic N) is 1. The van der Waals surface area contributed by atoms with E-state index < -0.39 is 12.6 Å². The van der Waals surface area contributed by atoms with Gasteiger partial charge in [-0.05, 0) is 24.3 Å². The number of nitrogen functional groups attached to an aromatic ring is 1. The van der Waals surface area contributed by atoms with Gasteiger partial charge in [0.25, 0.3) is 0 Å². The summed E-state index contributed by atoms with van der Waals surface area (Å²) in [6.45, 7) is 0. The molecule has 15 heavy (non-hydrogen) atoms. The molecule has 0 radical (unpaired) electrons. The highest BCUT2D eigenvalue weighted by Gasteiger charge is 2.25. The third kappa shape index (κ3) is 5.51. The van der Waals surface area contributed by atoms with E-state index in [1.807, 2.05) is 0 Å². The minimum Gasteiger partial charge on any atom is -0.384 e. The molecule has 0 aliphatic carbocycles. The Bertz CT molecular complexity index is 297. The molecule has 0 aliphatic heterocycles. The first kappa shape index (κ1) is 12.2. The second-order valence-corrected chi connectivity index (χ2v) is 4.15. The zero-order valence-corrected chi connectivity index (χ0v) is 8.74. The maximum atomic E-state index is 11.8. The van der Waals surface area contributed by atoms with E-state index in [0.29, 0.717) is 11.6 Å². The molecule has 0 spiro atoms. The summed E-state index contributed by atoms with van der Waals surface area (Å²) in [6, 6.07) is 3.38. The van der Waals surface area contributed by atoms with Crippen molar-refractivity contribution >= 4 is 17.6 Å². The van der Waals surface area contributed by atoms with Crippen LogP contribution in [0.4, 0.5) is 19.0 Å². The smallest absolute Gasteiger partial charge is 0.384 e. The van der Waals surface area contributed by atoms with Crippen LogP contribution in [0.15, 0.2) is 23.2 Å². The van der Waals surface area contributed by atoms with Crippen molar-refractivity contribution in [3.05, 3.63) is 18.3 Å². The molecule has 0 fully saturated rings. The molecule has 0 aromatic carbocycles. The fraction of sp³-hybridized carbons (Fsp3) is 0.444. The molecule has 0 aliphatic rings. The van der Waals surface area contributed by atoms with Gasteiger partial charge >= 0.3 is 6.18 Å². The van der Waals surface area contributed by atoms with Crippen molar-refractivity contribution in [3.63, 3.8) is 0 Å². The van der Waals surface area contributed by atoms with Gasteiger partial charge in [-0.2, -0.15) is 13.2 Å². The van der Waals surface area contributed by atoms with E-state index in [-0.39, 0.29) is 6.42 Å². The topological polar surface area (TPSA) is 38.9 Å². The van der Waals surface area contributed by atoms with Crippen LogP contribution < -0.4 is 5.73 Å². The molecule has 1 heterocycles. The SMILES string of the molecule is Nc1ccc(SCCCC(F)(F)F)cn1. The van der Waals surface area contributed by atoms with Crippen molar-refractivity contribution in [2.75, 3.05) is 11.5 Å². The second-order valence-electron chi connectivity index (χ2n) is 2.99. The van der Waals surface area contributed by atoms with Crippen molar-refractivity contribution in [2.24, 2.45) is 0 Å². The summed E-state index contributed by atoms with van der Waals surface area (Å²) < 4.78 is 35.4. The lowest BCUT2D eigenvalue weighted by atomic mass is 10.3. The van der Waals surface area contributed by atoms with Gasteiger partial charge in [0, 0.05) is 17.5 Å². The Labute approximate surface area is 90.1 Å². The van der Waals surface area contributed by atoms with Gasteiger partial charge in [0.05, 0.1) is 0 Å². The Balaban J connectivity index is 2.23. The molecule has 84 valence electrons. The van der Waals surface area contributed by atoms with E-state index in [1.165, 1.54) is 11.8 Å². The molecular formula is C9H11F3N2S. The van der Waals surface area contributed by atoms with E-state index in [0.717, 1.165) is 4.90 Å². The lowest BCUT2D eigenvalue weighted by Gasteiger charge is -2.05. The molecule has 1 aromatic heterocycles. The Morgan fingerprint density at radius 2 is 2.07 bits per heavy atom. The number of nitrogens with two attached hydrogens (primary N) is 1. The first-order valence-corrected chi connectivity index (χ1v) is 5.37. The Morgan fingerprint density at radius 3 is 2.60 bits per heavy atom. The number of aromatic nitrogens is 1. The molecule has 2 N–H and O–H groups in total. The number of pyridine rings is 1.